The van der Waals surface area contributed by atoms with E-state index in [-0.39, 0.29) is 5.75 Å². The molecule has 0 spiro atoms. The minimum absolute atomic E-state index is 0.0289. The molecule has 2 rings (SSSR count). The monoisotopic (exact) mass is 203 g/mol. The van der Waals surface area contributed by atoms with Gasteiger partial charge in [-0.2, -0.15) is 0 Å². The van der Waals surface area contributed by atoms with Crippen LogP contribution in [0.25, 0.3) is 10.9 Å². The minimum atomic E-state index is -0.504. The van der Waals surface area contributed by atoms with Gasteiger partial charge in [0.25, 0.3) is 5.56 Å². The van der Waals surface area contributed by atoms with Crippen molar-refractivity contribution in [3.05, 3.63) is 40.7 Å². The Morgan fingerprint density at radius 2 is 2.07 bits per heavy atom. The fourth-order valence-corrected chi connectivity index (χ4v) is 1.36. The topological polar surface area (TPSA) is 59.2 Å². The second-order valence-electron chi connectivity index (χ2n) is 3.14. The summed E-state index contributed by atoms with van der Waals surface area (Å²) in [4.78, 5) is 24.8. The third-order valence-corrected chi connectivity index (χ3v) is 1.97. The van der Waals surface area contributed by atoms with E-state index in [0.29, 0.717) is 0 Å². The number of aromatic amines is 1. The number of ether oxygens (including phenoxy) is 1. The number of esters is 1. The summed E-state index contributed by atoms with van der Waals surface area (Å²) in [6.45, 7) is 1.26. The molecule has 1 aromatic heterocycles. The van der Waals surface area contributed by atoms with Gasteiger partial charge in [-0.1, -0.05) is 18.2 Å². The lowest BCUT2D eigenvalue weighted by Gasteiger charge is -2.01. The van der Waals surface area contributed by atoms with Crippen LogP contribution in [-0.4, -0.2) is 11.0 Å². The molecule has 0 bridgehead atoms. The van der Waals surface area contributed by atoms with Gasteiger partial charge in [-0.3, -0.25) is 9.59 Å². The van der Waals surface area contributed by atoms with Crippen molar-refractivity contribution >= 4 is 16.9 Å². The molecule has 0 saturated heterocycles. The Hall–Kier alpha value is -2.10. The second kappa shape index (κ2) is 3.57. The maximum absolute atomic E-state index is 11.4. The second-order valence-corrected chi connectivity index (χ2v) is 3.14. The fraction of sp³-hybridized carbons (Fsp3) is 0.0909. The Morgan fingerprint density at radius 1 is 1.33 bits per heavy atom. The molecule has 0 aliphatic carbocycles. The molecule has 4 heteroatoms. The Bertz CT molecular complexity index is 571. The average molecular weight is 203 g/mol. The van der Waals surface area contributed by atoms with E-state index in [2.05, 4.69) is 4.98 Å². The summed E-state index contributed by atoms with van der Waals surface area (Å²) in [5.41, 5.74) is 0.322. The highest BCUT2D eigenvalue weighted by molar-refractivity contribution is 5.80. The number of carbonyl (C=O) groups excluding carboxylic acids is 1. The molecule has 2 aromatic rings. The van der Waals surface area contributed by atoms with Gasteiger partial charge in [-0.15, -0.1) is 0 Å². The van der Waals surface area contributed by atoms with E-state index in [4.69, 9.17) is 4.74 Å². The first kappa shape index (κ1) is 9.45. The van der Waals surface area contributed by atoms with Crippen molar-refractivity contribution in [1.29, 1.82) is 0 Å². The minimum Gasteiger partial charge on any atom is -0.421 e. The van der Waals surface area contributed by atoms with Crippen LogP contribution >= 0.6 is 0 Å². The van der Waals surface area contributed by atoms with Crippen LogP contribution in [0.1, 0.15) is 6.92 Å². The molecule has 1 aromatic carbocycles. The number of pyridine rings is 1. The number of fused-ring (bicyclic) bond motifs is 1. The number of rotatable bonds is 1. The third-order valence-electron chi connectivity index (χ3n) is 1.97. The Balaban J connectivity index is 2.62. The van der Waals surface area contributed by atoms with Crippen LogP contribution < -0.4 is 10.3 Å². The molecule has 0 unspecified atom stereocenters. The number of hydrogen-bond acceptors (Lipinski definition) is 3. The fourth-order valence-electron chi connectivity index (χ4n) is 1.36. The molecule has 1 N–H and O–H groups in total. The predicted molar refractivity (Wildman–Crippen MR) is 55.9 cm³/mol. The number of aromatic nitrogens is 1. The van der Waals surface area contributed by atoms with Crippen molar-refractivity contribution in [2.24, 2.45) is 0 Å². The van der Waals surface area contributed by atoms with E-state index >= 15 is 0 Å². The molecule has 0 radical (unpaired) electrons. The average Bonchev–Trinajstić information content (AvgIpc) is 2.18. The van der Waals surface area contributed by atoms with Gasteiger partial charge < -0.3 is 9.72 Å². The molecule has 0 amide bonds. The van der Waals surface area contributed by atoms with Crippen molar-refractivity contribution in [2.75, 3.05) is 0 Å². The lowest BCUT2D eigenvalue weighted by molar-refractivity contribution is -0.131. The van der Waals surface area contributed by atoms with Gasteiger partial charge >= 0.3 is 5.97 Å². The number of H-pyrrole nitrogens is 1. The van der Waals surface area contributed by atoms with Gasteiger partial charge in [0, 0.05) is 17.8 Å². The van der Waals surface area contributed by atoms with E-state index in [1.165, 1.54) is 6.92 Å². The largest absolute Gasteiger partial charge is 0.421 e. The molecular formula is C11H9NO3. The quantitative estimate of drug-likeness (QED) is 0.713. The molecule has 0 aliphatic rings. The molecule has 0 saturated carbocycles. The predicted octanol–water partition coefficient (Wildman–Crippen LogP) is 1.45. The highest BCUT2D eigenvalue weighted by Gasteiger charge is 2.05. The van der Waals surface area contributed by atoms with Crippen LogP contribution in [0.15, 0.2) is 35.1 Å². The summed E-state index contributed by atoms with van der Waals surface area (Å²) < 4.78 is 4.77. The molecule has 1 heterocycles. The van der Waals surface area contributed by atoms with Crippen molar-refractivity contribution in [3.8, 4) is 5.75 Å². The summed E-state index contributed by atoms with van der Waals surface area (Å²) >= 11 is 0. The molecule has 76 valence electrons. The van der Waals surface area contributed by atoms with E-state index in [9.17, 15) is 9.59 Å². The molecule has 15 heavy (non-hydrogen) atoms. The molecule has 4 nitrogen and oxygen atoms in total. The summed E-state index contributed by atoms with van der Waals surface area (Å²) in [6.07, 6.45) is 0. The third kappa shape index (κ3) is 1.88. The number of hydrogen-bond donors (Lipinski definition) is 1. The van der Waals surface area contributed by atoms with Crippen molar-refractivity contribution in [1.82, 2.24) is 4.98 Å². The van der Waals surface area contributed by atoms with E-state index in [1.807, 2.05) is 18.2 Å². The molecule has 0 fully saturated rings. The Labute approximate surface area is 85.5 Å². The van der Waals surface area contributed by atoms with Crippen molar-refractivity contribution < 1.29 is 9.53 Å². The molecule has 0 aliphatic heterocycles. The standard InChI is InChI=1S/C11H9NO3/c1-7(13)15-10-6-8-4-2-3-5-9(8)12-11(10)14/h2-6H,1H3,(H,12,14). The zero-order valence-electron chi connectivity index (χ0n) is 8.11. The summed E-state index contributed by atoms with van der Waals surface area (Å²) in [5.74, 6) is -0.475. The van der Waals surface area contributed by atoms with Crippen molar-refractivity contribution in [2.45, 2.75) is 6.92 Å². The summed E-state index contributed by atoms with van der Waals surface area (Å²) in [5, 5.41) is 0.827. The van der Waals surface area contributed by atoms with Gasteiger partial charge in [-0.05, 0) is 12.1 Å². The van der Waals surface area contributed by atoms with Gasteiger partial charge in [0.1, 0.15) is 0 Å². The lowest BCUT2D eigenvalue weighted by Crippen LogP contribution is -2.13. The van der Waals surface area contributed by atoms with E-state index < -0.39 is 11.5 Å². The lowest BCUT2D eigenvalue weighted by atomic mass is 10.2. The van der Waals surface area contributed by atoms with Gasteiger partial charge in [0.15, 0.2) is 5.75 Å². The first-order chi connectivity index (χ1) is 7.16. The number of nitrogens with one attached hydrogen (secondary N) is 1. The highest BCUT2D eigenvalue weighted by atomic mass is 16.5. The summed E-state index contributed by atoms with van der Waals surface area (Å²) in [6, 6.07) is 8.84. The van der Waals surface area contributed by atoms with Crippen LogP contribution in [0.3, 0.4) is 0 Å². The van der Waals surface area contributed by atoms with Gasteiger partial charge in [0.2, 0.25) is 0 Å². The zero-order chi connectivity index (χ0) is 10.8. The van der Waals surface area contributed by atoms with E-state index in [1.54, 1.807) is 12.1 Å². The first-order valence-corrected chi connectivity index (χ1v) is 4.47. The Kier molecular flexibility index (Phi) is 2.25. The van der Waals surface area contributed by atoms with Crippen LogP contribution in [0.4, 0.5) is 0 Å². The highest BCUT2D eigenvalue weighted by Crippen LogP contribution is 2.13. The van der Waals surface area contributed by atoms with Gasteiger partial charge in [0.05, 0.1) is 0 Å². The van der Waals surface area contributed by atoms with E-state index in [0.717, 1.165) is 10.9 Å². The zero-order valence-corrected chi connectivity index (χ0v) is 8.11. The maximum atomic E-state index is 11.4. The molecular weight excluding hydrogens is 194 g/mol. The summed E-state index contributed by atoms with van der Waals surface area (Å²) in [7, 11) is 0. The first-order valence-electron chi connectivity index (χ1n) is 4.47. The number of benzene rings is 1. The SMILES string of the molecule is CC(=O)Oc1cc2ccccc2[nH]c1=O. The van der Waals surface area contributed by atoms with Crippen LogP contribution in [0.5, 0.6) is 5.75 Å². The normalized spacial score (nSPS) is 10.2. The van der Waals surface area contributed by atoms with Gasteiger partial charge in [-0.25, -0.2) is 0 Å². The van der Waals surface area contributed by atoms with Crippen LogP contribution in [0.2, 0.25) is 0 Å². The van der Waals surface area contributed by atoms with Crippen molar-refractivity contribution in [3.63, 3.8) is 0 Å². The number of carbonyl (C=O) groups is 1. The smallest absolute Gasteiger partial charge is 0.308 e. The van der Waals surface area contributed by atoms with Crippen LogP contribution in [0, 0.1) is 0 Å². The Morgan fingerprint density at radius 3 is 2.80 bits per heavy atom. The molecule has 0 atom stereocenters. The van der Waals surface area contributed by atoms with Crippen LogP contribution in [-0.2, 0) is 4.79 Å². The maximum Gasteiger partial charge on any atom is 0.308 e. The number of para-hydroxylation sites is 1.